The minimum absolute atomic E-state index is 0.237. The maximum Gasteiger partial charge on any atom is 0.271 e. The Kier molecular flexibility index (Phi) is 4.54. The van der Waals surface area contributed by atoms with Gasteiger partial charge in [0, 0.05) is 43.4 Å². The van der Waals surface area contributed by atoms with Crippen LogP contribution in [0, 0.1) is 6.92 Å². The number of nitrogens with zero attached hydrogens (tertiary/aromatic N) is 3. The lowest BCUT2D eigenvalue weighted by atomic mass is 10.1. The van der Waals surface area contributed by atoms with Crippen molar-refractivity contribution in [3.05, 3.63) is 53.0 Å². The van der Waals surface area contributed by atoms with E-state index in [1.165, 1.54) is 11.1 Å². The summed E-state index contributed by atoms with van der Waals surface area (Å²) < 4.78 is 5.63. The third kappa shape index (κ3) is 3.22. The number of hydrogen-bond donors (Lipinski definition) is 2. The minimum Gasteiger partial charge on any atom is -0.493 e. The van der Waals surface area contributed by atoms with E-state index >= 15 is 0 Å². The number of nitrogens with one attached hydrogen (secondary N) is 1. The summed E-state index contributed by atoms with van der Waals surface area (Å²) in [5, 5.41) is 3.95. The highest BCUT2D eigenvalue weighted by Crippen LogP contribution is 2.36. The molecule has 29 heavy (non-hydrogen) atoms. The molecule has 0 unspecified atom stereocenters. The van der Waals surface area contributed by atoms with Crippen LogP contribution >= 0.6 is 0 Å². The zero-order valence-corrected chi connectivity index (χ0v) is 16.4. The molecule has 0 fully saturated rings. The van der Waals surface area contributed by atoms with Crippen molar-refractivity contribution in [3.8, 4) is 5.75 Å². The largest absolute Gasteiger partial charge is 0.493 e. The fourth-order valence-electron chi connectivity index (χ4n) is 3.49. The van der Waals surface area contributed by atoms with Gasteiger partial charge >= 0.3 is 0 Å². The highest BCUT2D eigenvalue weighted by atomic mass is 16.5. The van der Waals surface area contributed by atoms with Crippen molar-refractivity contribution >= 4 is 34.1 Å². The Labute approximate surface area is 167 Å². The summed E-state index contributed by atoms with van der Waals surface area (Å²) in [5.41, 5.74) is 9.67. The van der Waals surface area contributed by atoms with Crippen LogP contribution in [0.1, 0.15) is 32.1 Å². The molecule has 0 spiro atoms. The fourth-order valence-corrected chi connectivity index (χ4v) is 3.49. The number of benzene rings is 1. The Hall–Kier alpha value is -3.68. The van der Waals surface area contributed by atoms with E-state index in [9.17, 15) is 9.59 Å². The van der Waals surface area contributed by atoms with Crippen molar-refractivity contribution in [3.63, 3.8) is 0 Å². The molecule has 3 N–H and O–H groups in total. The maximum atomic E-state index is 12.5. The summed E-state index contributed by atoms with van der Waals surface area (Å²) >= 11 is 0. The zero-order valence-electron chi connectivity index (χ0n) is 16.4. The smallest absolute Gasteiger partial charge is 0.271 e. The summed E-state index contributed by atoms with van der Waals surface area (Å²) in [6.07, 6.45) is 2.20. The highest BCUT2D eigenvalue weighted by Gasteiger charge is 2.21. The van der Waals surface area contributed by atoms with Crippen LogP contribution in [0.3, 0.4) is 0 Å². The van der Waals surface area contributed by atoms with Gasteiger partial charge in [0.1, 0.15) is 11.4 Å². The molecule has 1 aromatic carbocycles. The molecule has 0 radical (unpaired) electrons. The molecule has 0 saturated heterocycles. The second kappa shape index (κ2) is 7.05. The van der Waals surface area contributed by atoms with Gasteiger partial charge in [0.25, 0.3) is 11.8 Å². The lowest BCUT2D eigenvalue weighted by Crippen LogP contribution is -2.23. The van der Waals surface area contributed by atoms with Gasteiger partial charge in [-0.25, -0.2) is 4.98 Å². The quantitative estimate of drug-likeness (QED) is 0.707. The van der Waals surface area contributed by atoms with Gasteiger partial charge in [-0.15, -0.1) is 0 Å². The van der Waals surface area contributed by atoms with Crippen LogP contribution in [-0.2, 0) is 6.42 Å². The van der Waals surface area contributed by atoms with Crippen LogP contribution in [0.5, 0.6) is 5.75 Å². The SMILES string of the molecule is Cc1nc(C(=O)N(C)C)cc2c(Nc3cccc4c3CCO4)c(C(N)=O)cnc12. The lowest BCUT2D eigenvalue weighted by Gasteiger charge is -2.17. The Morgan fingerprint density at radius 1 is 1.28 bits per heavy atom. The van der Waals surface area contributed by atoms with Crippen molar-refractivity contribution in [2.45, 2.75) is 13.3 Å². The van der Waals surface area contributed by atoms with Crippen LogP contribution in [0.4, 0.5) is 11.4 Å². The van der Waals surface area contributed by atoms with Crippen molar-refractivity contribution in [2.75, 3.05) is 26.0 Å². The number of anilines is 2. The van der Waals surface area contributed by atoms with Crippen LogP contribution < -0.4 is 15.8 Å². The third-order valence-corrected chi connectivity index (χ3v) is 4.92. The monoisotopic (exact) mass is 391 g/mol. The standard InChI is InChI=1S/C21H21N5O3/c1-11-18-13(9-16(24-11)21(28)26(2)3)19(14(10-23-18)20(22)27)25-15-5-4-6-17-12(15)7-8-29-17/h4-6,9-10H,7-8H2,1-3H3,(H2,22,27)(H,23,25). The Balaban J connectivity index is 1.95. The molecule has 0 saturated carbocycles. The molecule has 2 amide bonds. The van der Waals surface area contributed by atoms with Gasteiger partial charge in [-0.2, -0.15) is 0 Å². The average Bonchev–Trinajstić information content (AvgIpc) is 3.17. The predicted octanol–water partition coefficient (Wildman–Crippen LogP) is 2.42. The molecular weight excluding hydrogens is 370 g/mol. The number of aromatic nitrogens is 2. The third-order valence-electron chi connectivity index (χ3n) is 4.92. The Morgan fingerprint density at radius 3 is 2.79 bits per heavy atom. The second-order valence-electron chi connectivity index (χ2n) is 7.11. The van der Waals surface area contributed by atoms with E-state index in [0.717, 1.165) is 23.4 Å². The molecule has 148 valence electrons. The maximum absolute atomic E-state index is 12.5. The number of primary amides is 1. The molecule has 0 aliphatic carbocycles. The van der Waals surface area contributed by atoms with Gasteiger partial charge in [0.05, 0.1) is 29.1 Å². The van der Waals surface area contributed by atoms with Crippen molar-refractivity contribution < 1.29 is 14.3 Å². The van der Waals surface area contributed by atoms with Gasteiger partial charge in [0.2, 0.25) is 0 Å². The van der Waals surface area contributed by atoms with Gasteiger partial charge in [-0.1, -0.05) is 6.07 Å². The van der Waals surface area contributed by atoms with Crippen molar-refractivity contribution in [1.82, 2.24) is 14.9 Å². The summed E-state index contributed by atoms with van der Waals surface area (Å²) in [4.78, 5) is 34.8. The van der Waals surface area contributed by atoms with E-state index in [1.807, 2.05) is 18.2 Å². The van der Waals surface area contributed by atoms with Gasteiger partial charge < -0.3 is 20.7 Å². The first-order valence-electron chi connectivity index (χ1n) is 9.20. The summed E-state index contributed by atoms with van der Waals surface area (Å²) in [7, 11) is 3.32. The second-order valence-corrected chi connectivity index (χ2v) is 7.11. The Morgan fingerprint density at radius 2 is 2.07 bits per heavy atom. The lowest BCUT2D eigenvalue weighted by molar-refractivity contribution is 0.0821. The first kappa shape index (κ1) is 18.7. The summed E-state index contributed by atoms with van der Waals surface area (Å²) in [6.45, 7) is 2.39. The molecule has 2 aromatic heterocycles. The molecule has 1 aliphatic rings. The number of rotatable bonds is 4. The van der Waals surface area contributed by atoms with Gasteiger partial charge in [-0.3, -0.25) is 14.6 Å². The van der Waals surface area contributed by atoms with E-state index in [4.69, 9.17) is 10.5 Å². The number of hydrogen-bond acceptors (Lipinski definition) is 6. The number of fused-ring (bicyclic) bond motifs is 2. The van der Waals surface area contributed by atoms with Crippen molar-refractivity contribution in [2.24, 2.45) is 5.73 Å². The molecule has 4 rings (SSSR count). The summed E-state index contributed by atoms with van der Waals surface area (Å²) in [6, 6.07) is 7.36. The highest BCUT2D eigenvalue weighted by molar-refractivity contribution is 6.09. The first-order valence-corrected chi connectivity index (χ1v) is 9.20. The number of carbonyl (C=O) groups excluding carboxylic acids is 2. The summed E-state index contributed by atoms with van der Waals surface area (Å²) in [5.74, 6) is -0.0320. The molecule has 3 aromatic rings. The van der Waals surface area contributed by atoms with Crippen molar-refractivity contribution in [1.29, 1.82) is 0 Å². The van der Waals surface area contributed by atoms with Gasteiger partial charge in [0.15, 0.2) is 0 Å². The normalized spacial score (nSPS) is 12.4. The number of ether oxygens (including phenoxy) is 1. The molecule has 8 heteroatoms. The first-order chi connectivity index (χ1) is 13.9. The van der Waals surface area contributed by atoms with Gasteiger partial charge in [-0.05, 0) is 25.1 Å². The van der Waals surface area contributed by atoms with Crippen LogP contribution in [0.25, 0.3) is 10.9 Å². The number of amides is 2. The molecule has 1 aliphatic heterocycles. The zero-order chi connectivity index (χ0) is 20.7. The predicted molar refractivity (Wildman–Crippen MR) is 110 cm³/mol. The van der Waals surface area contributed by atoms with E-state index in [0.29, 0.717) is 28.9 Å². The van der Waals surface area contributed by atoms with E-state index in [-0.39, 0.29) is 17.2 Å². The fraction of sp³-hybridized carbons (Fsp3) is 0.238. The number of pyridine rings is 2. The number of aryl methyl sites for hydroxylation is 1. The molecule has 8 nitrogen and oxygen atoms in total. The molecule has 0 atom stereocenters. The number of nitrogens with two attached hydrogens (primary N) is 1. The van der Waals surface area contributed by atoms with Crippen LogP contribution in [0.15, 0.2) is 30.5 Å². The van der Waals surface area contributed by atoms with Crippen LogP contribution in [-0.4, -0.2) is 47.4 Å². The van der Waals surface area contributed by atoms with E-state index in [2.05, 4.69) is 15.3 Å². The topological polar surface area (TPSA) is 110 Å². The Bertz CT molecular complexity index is 1160. The van der Waals surface area contributed by atoms with E-state index in [1.54, 1.807) is 27.1 Å². The number of carbonyl (C=O) groups is 2. The molecule has 0 bridgehead atoms. The average molecular weight is 391 g/mol. The molecular formula is C21H21N5O3. The molecule has 3 heterocycles. The van der Waals surface area contributed by atoms with Crippen LogP contribution in [0.2, 0.25) is 0 Å². The minimum atomic E-state index is -0.610. The van der Waals surface area contributed by atoms with E-state index < -0.39 is 5.91 Å².